The van der Waals surface area contributed by atoms with Crippen LogP contribution in [0.5, 0.6) is 0 Å². The fourth-order valence-electron chi connectivity index (χ4n) is 1.18. The highest BCUT2D eigenvalue weighted by atomic mass is 16.5. The first-order valence-corrected chi connectivity index (χ1v) is 4.57. The summed E-state index contributed by atoms with van der Waals surface area (Å²) in [5.41, 5.74) is 5.57. The molecule has 1 aromatic heterocycles. The summed E-state index contributed by atoms with van der Waals surface area (Å²) in [7, 11) is 1.40. The number of aromatic nitrogens is 2. The topological polar surface area (TPSA) is 70.1 Å². The molecule has 78 valence electrons. The summed E-state index contributed by atoms with van der Waals surface area (Å²) in [6, 6.07) is 0. The van der Waals surface area contributed by atoms with Gasteiger partial charge in [0.2, 0.25) is 0 Å². The number of hydrogen-bond donors (Lipinski definition) is 1. The van der Waals surface area contributed by atoms with Crippen molar-refractivity contribution in [2.24, 2.45) is 0 Å². The second-order valence-corrected chi connectivity index (χ2v) is 3.01. The number of unbranched alkanes of at least 4 members (excludes halogenated alkanes) is 1. The van der Waals surface area contributed by atoms with Gasteiger partial charge >= 0.3 is 5.97 Å². The Kier molecular flexibility index (Phi) is 3.97. The Balaban J connectivity index is 2.16. The van der Waals surface area contributed by atoms with E-state index in [0.29, 0.717) is 12.4 Å². The van der Waals surface area contributed by atoms with Crippen molar-refractivity contribution in [1.29, 1.82) is 0 Å². The average Bonchev–Trinajstić information content (AvgIpc) is 2.58. The lowest BCUT2D eigenvalue weighted by atomic mass is 10.2. The SMILES string of the molecule is COC(=O)CCCCn1ccnc1N. The van der Waals surface area contributed by atoms with E-state index < -0.39 is 0 Å². The monoisotopic (exact) mass is 197 g/mol. The maximum absolute atomic E-state index is 10.8. The fourth-order valence-corrected chi connectivity index (χ4v) is 1.18. The quantitative estimate of drug-likeness (QED) is 0.560. The highest BCUT2D eigenvalue weighted by molar-refractivity contribution is 5.68. The van der Waals surface area contributed by atoms with E-state index in [9.17, 15) is 4.79 Å². The minimum absolute atomic E-state index is 0.163. The molecule has 0 fully saturated rings. The van der Waals surface area contributed by atoms with Crippen LogP contribution in [0.3, 0.4) is 0 Å². The van der Waals surface area contributed by atoms with Gasteiger partial charge < -0.3 is 15.0 Å². The van der Waals surface area contributed by atoms with E-state index in [1.54, 1.807) is 6.20 Å². The van der Waals surface area contributed by atoms with Crippen LogP contribution in [0.15, 0.2) is 12.4 Å². The van der Waals surface area contributed by atoms with Crippen molar-refractivity contribution in [3.05, 3.63) is 12.4 Å². The van der Waals surface area contributed by atoms with Crippen LogP contribution in [-0.4, -0.2) is 22.6 Å². The first-order valence-electron chi connectivity index (χ1n) is 4.57. The number of esters is 1. The van der Waals surface area contributed by atoms with E-state index in [4.69, 9.17) is 5.73 Å². The maximum Gasteiger partial charge on any atom is 0.305 e. The van der Waals surface area contributed by atoms with Crippen molar-refractivity contribution in [3.8, 4) is 0 Å². The van der Waals surface area contributed by atoms with Gasteiger partial charge in [0.15, 0.2) is 5.95 Å². The van der Waals surface area contributed by atoms with Gasteiger partial charge in [0.05, 0.1) is 7.11 Å². The highest BCUT2D eigenvalue weighted by Crippen LogP contribution is 2.04. The van der Waals surface area contributed by atoms with Crippen LogP contribution in [0, 0.1) is 0 Å². The standard InChI is InChI=1S/C9H15N3O2/c1-14-8(13)4-2-3-6-12-7-5-11-9(12)10/h5,7H,2-4,6H2,1H3,(H2,10,11). The van der Waals surface area contributed by atoms with Crippen LogP contribution in [0.2, 0.25) is 0 Å². The smallest absolute Gasteiger partial charge is 0.305 e. The van der Waals surface area contributed by atoms with Gasteiger partial charge in [-0.2, -0.15) is 0 Å². The molecule has 0 aliphatic heterocycles. The van der Waals surface area contributed by atoms with Crippen molar-refractivity contribution >= 4 is 11.9 Å². The van der Waals surface area contributed by atoms with E-state index in [2.05, 4.69) is 9.72 Å². The first-order chi connectivity index (χ1) is 6.74. The van der Waals surface area contributed by atoms with E-state index >= 15 is 0 Å². The first kappa shape index (κ1) is 10.6. The van der Waals surface area contributed by atoms with Crippen LogP contribution in [0.4, 0.5) is 5.95 Å². The van der Waals surface area contributed by atoms with Crippen LogP contribution >= 0.6 is 0 Å². The summed E-state index contributed by atoms with van der Waals surface area (Å²) in [4.78, 5) is 14.7. The molecule has 1 rings (SSSR count). The summed E-state index contributed by atoms with van der Waals surface area (Å²) in [6.45, 7) is 0.794. The number of nitrogen functional groups attached to an aromatic ring is 1. The van der Waals surface area contributed by atoms with E-state index in [0.717, 1.165) is 19.4 Å². The molecule has 0 bridgehead atoms. The normalized spacial score (nSPS) is 10.1. The van der Waals surface area contributed by atoms with E-state index in [1.165, 1.54) is 7.11 Å². The largest absolute Gasteiger partial charge is 0.469 e. The van der Waals surface area contributed by atoms with E-state index in [1.807, 2.05) is 10.8 Å². The van der Waals surface area contributed by atoms with Crippen molar-refractivity contribution in [3.63, 3.8) is 0 Å². The zero-order chi connectivity index (χ0) is 10.4. The fraction of sp³-hybridized carbons (Fsp3) is 0.556. The zero-order valence-electron chi connectivity index (χ0n) is 8.27. The number of imidazole rings is 1. The van der Waals surface area contributed by atoms with Crippen LogP contribution in [-0.2, 0) is 16.1 Å². The van der Waals surface area contributed by atoms with Crippen molar-refractivity contribution in [2.75, 3.05) is 12.8 Å². The van der Waals surface area contributed by atoms with Gasteiger partial charge in [-0.05, 0) is 12.8 Å². The Morgan fingerprint density at radius 1 is 1.64 bits per heavy atom. The molecule has 0 amide bonds. The number of rotatable bonds is 5. The Morgan fingerprint density at radius 3 is 3.00 bits per heavy atom. The van der Waals surface area contributed by atoms with Gasteiger partial charge in [0.25, 0.3) is 0 Å². The molecule has 5 heteroatoms. The third-order valence-corrected chi connectivity index (χ3v) is 2.01. The molecule has 0 aliphatic rings. The number of methoxy groups -OCH3 is 1. The minimum atomic E-state index is -0.163. The Bertz CT molecular complexity index is 296. The summed E-state index contributed by atoms with van der Waals surface area (Å²) >= 11 is 0. The zero-order valence-corrected chi connectivity index (χ0v) is 8.27. The molecule has 1 aromatic rings. The predicted octanol–water partition coefficient (Wildman–Crippen LogP) is 0.809. The van der Waals surface area contributed by atoms with E-state index in [-0.39, 0.29) is 5.97 Å². The molecule has 0 atom stereocenters. The lowest BCUT2D eigenvalue weighted by molar-refractivity contribution is -0.140. The number of ether oxygens (including phenoxy) is 1. The molecule has 0 saturated heterocycles. The summed E-state index contributed by atoms with van der Waals surface area (Å²) in [6.07, 6.45) is 5.66. The predicted molar refractivity (Wildman–Crippen MR) is 52.5 cm³/mol. The van der Waals surface area contributed by atoms with Crippen LogP contribution in [0.25, 0.3) is 0 Å². The number of nitrogens with two attached hydrogens (primary N) is 1. The molecule has 0 saturated carbocycles. The number of carbonyl (C=O) groups is 1. The molecule has 5 nitrogen and oxygen atoms in total. The highest BCUT2D eigenvalue weighted by Gasteiger charge is 2.00. The van der Waals surface area contributed by atoms with Gasteiger partial charge in [-0.1, -0.05) is 0 Å². The molecule has 0 unspecified atom stereocenters. The third kappa shape index (κ3) is 3.08. The molecule has 0 aromatic carbocycles. The summed E-state index contributed by atoms with van der Waals surface area (Å²) in [5, 5.41) is 0. The van der Waals surface area contributed by atoms with Crippen LogP contribution in [0.1, 0.15) is 19.3 Å². The molecule has 14 heavy (non-hydrogen) atoms. The van der Waals surface area contributed by atoms with Crippen molar-refractivity contribution < 1.29 is 9.53 Å². The number of aryl methyl sites for hydroxylation is 1. The molecule has 2 N–H and O–H groups in total. The summed E-state index contributed by atoms with van der Waals surface area (Å²) < 4.78 is 6.39. The van der Waals surface area contributed by atoms with Gasteiger partial charge in [-0.25, -0.2) is 4.98 Å². The molecule has 0 aliphatic carbocycles. The maximum atomic E-state index is 10.8. The number of anilines is 1. The average molecular weight is 197 g/mol. The van der Waals surface area contributed by atoms with Gasteiger partial charge in [-0.15, -0.1) is 0 Å². The second kappa shape index (κ2) is 5.26. The second-order valence-electron chi connectivity index (χ2n) is 3.01. The Labute approximate surface area is 82.9 Å². The lowest BCUT2D eigenvalue weighted by Crippen LogP contribution is -2.04. The number of hydrogen-bond acceptors (Lipinski definition) is 4. The Morgan fingerprint density at radius 2 is 2.43 bits per heavy atom. The molecule has 0 radical (unpaired) electrons. The molecular formula is C9H15N3O2. The summed E-state index contributed by atoms with van der Waals surface area (Å²) in [5.74, 6) is 0.353. The minimum Gasteiger partial charge on any atom is -0.469 e. The van der Waals surface area contributed by atoms with Crippen LogP contribution < -0.4 is 5.73 Å². The molecular weight excluding hydrogens is 182 g/mol. The van der Waals surface area contributed by atoms with Gasteiger partial charge in [-0.3, -0.25) is 4.79 Å². The van der Waals surface area contributed by atoms with Gasteiger partial charge in [0.1, 0.15) is 0 Å². The molecule has 1 heterocycles. The Hall–Kier alpha value is -1.52. The van der Waals surface area contributed by atoms with Gasteiger partial charge in [0, 0.05) is 25.4 Å². The third-order valence-electron chi connectivity index (χ3n) is 2.01. The lowest BCUT2D eigenvalue weighted by Gasteiger charge is -2.03. The number of nitrogens with zero attached hydrogens (tertiary/aromatic N) is 2. The van der Waals surface area contributed by atoms with Crippen molar-refractivity contribution in [1.82, 2.24) is 9.55 Å². The molecule has 0 spiro atoms. The van der Waals surface area contributed by atoms with Crippen molar-refractivity contribution in [2.45, 2.75) is 25.8 Å². The number of carbonyl (C=O) groups excluding carboxylic acids is 1.